The molecule has 0 spiro atoms. The number of rotatable bonds is 8. The van der Waals surface area contributed by atoms with Crippen LogP contribution < -0.4 is 10.6 Å². The van der Waals surface area contributed by atoms with E-state index < -0.39 is 38.8 Å². The van der Waals surface area contributed by atoms with Gasteiger partial charge in [0.2, 0.25) is 0 Å². The van der Waals surface area contributed by atoms with Crippen molar-refractivity contribution in [2.45, 2.75) is 49.3 Å². The van der Waals surface area contributed by atoms with Crippen molar-refractivity contribution >= 4 is 15.2 Å². The van der Waals surface area contributed by atoms with Crippen molar-refractivity contribution in [1.29, 1.82) is 0 Å². The van der Waals surface area contributed by atoms with Gasteiger partial charge in [0.1, 0.15) is 23.1 Å². The highest BCUT2D eigenvalue weighted by molar-refractivity contribution is 7.52. The molecule has 1 fully saturated rings. The van der Waals surface area contributed by atoms with Crippen molar-refractivity contribution in [3.63, 3.8) is 0 Å². The molecule has 0 bridgehead atoms. The van der Waals surface area contributed by atoms with Gasteiger partial charge in [-0.25, -0.2) is 0 Å². The lowest BCUT2D eigenvalue weighted by Gasteiger charge is -2.38. The zero-order chi connectivity index (χ0) is 23.5. The first-order valence-electron chi connectivity index (χ1n) is 10.2. The maximum absolute atomic E-state index is 12.3. The predicted molar refractivity (Wildman–Crippen MR) is 118 cm³/mol. The fourth-order valence-electron chi connectivity index (χ4n) is 4.11. The number of hydrogen-bond donors (Lipinski definition) is 8. The molecule has 2 aromatic rings. The van der Waals surface area contributed by atoms with E-state index in [0.717, 1.165) is 12.8 Å². The zero-order valence-corrected chi connectivity index (χ0v) is 18.9. The fraction of sp³-hybridized carbons (Fsp3) is 0.400. The van der Waals surface area contributed by atoms with Gasteiger partial charge in [-0.15, -0.1) is 0 Å². The average molecular weight is 486 g/mol. The first-order valence-corrected chi connectivity index (χ1v) is 13.5. The Kier molecular flexibility index (Phi) is 7.81. The number of phenols is 2. The van der Waals surface area contributed by atoms with E-state index in [1.807, 2.05) is 0 Å². The van der Waals surface area contributed by atoms with Crippen LogP contribution in [0.3, 0.4) is 0 Å². The van der Waals surface area contributed by atoms with Crippen molar-refractivity contribution in [3.8, 4) is 11.5 Å². The highest BCUT2D eigenvalue weighted by Crippen LogP contribution is 2.54. The molecule has 3 rings (SSSR count). The third-order valence-corrected chi connectivity index (χ3v) is 7.85. The van der Waals surface area contributed by atoms with Crippen LogP contribution in [0.15, 0.2) is 48.5 Å². The lowest BCUT2D eigenvalue weighted by molar-refractivity contribution is 0.247. The molecular weight excluding hydrogens is 458 g/mol. The fourth-order valence-corrected chi connectivity index (χ4v) is 6.04. The molecule has 1 aliphatic carbocycles. The second-order valence-electron chi connectivity index (χ2n) is 7.93. The average Bonchev–Trinajstić information content (AvgIpc) is 2.71. The summed E-state index contributed by atoms with van der Waals surface area (Å²) >= 11 is 0. The van der Waals surface area contributed by atoms with Gasteiger partial charge in [-0.05, 0) is 25.0 Å². The molecule has 0 unspecified atom stereocenters. The van der Waals surface area contributed by atoms with Crippen LogP contribution in [0.2, 0.25) is 0 Å². The molecule has 1 aliphatic rings. The van der Waals surface area contributed by atoms with Crippen molar-refractivity contribution in [2.24, 2.45) is 0 Å². The molecule has 1 saturated carbocycles. The summed E-state index contributed by atoms with van der Waals surface area (Å²) < 4.78 is 24.5. The number of nitrogens with one attached hydrogen (secondary N) is 2. The molecule has 8 N–H and O–H groups in total. The summed E-state index contributed by atoms with van der Waals surface area (Å²) in [6.45, 7) is 0. The molecule has 4 atom stereocenters. The summed E-state index contributed by atoms with van der Waals surface area (Å²) in [6.07, 6.45) is 2.50. The maximum Gasteiger partial charge on any atom is 0.346 e. The van der Waals surface area contributed by atoms with E-state index in [1.165, 1.54) is 36.4 Å². The van der Waals surface area contributed by atoms with E-state index in [1.54, 1.807) is 12.1 Å². The SMILES string of the molecule is O=P(O)(O)[C@@H](N[C@@H]1CCCC[C@H]1N[C@@H](c1ccccc1O)P(=O)(O)O)c1ccccc1O. The molecule has 0 saturated heterocycles. The molecule has 2 aromatic carbocycles. The van der Waals surface area contributed by atoms with E-state index in [9.17, 15) is 38.9 Å². The molecule has 0 aromatic heterocycles. The standard InChI is InChI=1S/C20H28N2O8P2/c23-17-11-5-1-7-13(17)19(31(25,26)27)21-15-9-3-4-10-16(15)22-20(32(28,29)30)14-8-2-6-12-18(14)24/h1-2,5-8,11-12,15-16,19-24H,3-4,9-10H2,(H2,25,26,27)(H2,28,29,30)/t15-,16-,19-,20-/m1/s1. The monoisotopic (exact) mass is 486 g/mol. The topological polar surface area (TPSA) is 180 Å². The van der Waals surface area contributed by atoms with Crippen LogP contribution in [-0.2, 0) is 9.13 Å². The number of aromatic hydroxyl groups is 2. The number of benzene rings is 2. The summed E-state index contributed by atoms with van der Waals surface area (Å²) in [5.41, 5.74) is 0.0785. The van der Waals surface area contributed by atoms with Gasteiger partial charge in [-0.3, -0.25) is 19.8 Å². The Morgan fingerprint density at radius 1 is 0.688 bits per heavy atom. The molecule has 0 aliphatic heterocycles. The molecule has 0 amide bonds. The summed E-state index contributed by atoms with van der Waals surface area (Å²) in [4.78, 5) is 39.8. The molecule has 32 heavy (non-hydrogen) atoms. The van der Waals surface area contributed by atoms with Crippen molar-refractivity contribution in [2.75, 3.05) is 0 Å². The highest BCUT2D eigenvalue weighted by Gasteiger charge is 2.40. The van der Waals surface area contributed by atoms with Gasteiger partial charge >= 0.3 is 15.2 Å². The van der Waals surface area contributed by atoms with E-state index in [2.05, 4.69) is 10.6 Å². The first-order chi connectivity index (χ1) is 15.0. The highest BCUT2D eigenvalue weighted by atomic mass is 31.2. The Labute approximate surface area is 185 Å². The third kappa shape index (κ3) is 5.98. The lowest BCUT2D eigenvalue weighted by Crippen LogP contribution is -2.51. The molecular formula is C20H28N2O8P2. The number of phenolic OH excluding ortho intramolecular Hbond substituents is 2. The Balaban J connectivity index is 1.90. The van der Waals surface area contributed by atoms with Crippen LogP contribution in [0, 0.1) is 0 Å². The maximum atomic E-state index is 12.3. The molecule has 10 nitrogen and oxygen atoms in total. The Hall–Kier alpha value is -1.74. The van der Waals surface area contributed by atoms with Crippen molar-refractivity contribution in [3.05, 3.63) is 59.7 Å². The summed E-state index contributed by atoms with van der Waals surface area (Å²) in [5.74, 6) is -3.52. The lowest BCUT2D eigenvalue weighted by atomic mass is 9.89. The second kappa shape index (κ2) is 10.0. The van der Waals surface area contributed by atoms with Crippen LogP contribution >= 0.6 is 15.2 Å². The van der Waals surface area contributed by atoms with E-state index in [4.69, 9.17) is 0 Å². The molecule has 176 valence electrons. The summed E-state index contributed by atoms with van der Waals surface area (Å²) in [6, 6.07) is 10.6. The number of hydrogen-bond acceptors (Lipinski definition) is 6. The zero-order valence-electron chi connectivity index (χ0n) is 17.2. The Morgan fingerprint density at radius 2 is 1.03 bits per heavy atom. The van der Waals surface area contributed by atoms with E-state index in [-0.39, 0.29) is 22.6 Å². The third-order valence-electron chi connectivity index (χ3n) is 5.65. The van der Waals surface area contributed by atoms with Gasteiger partial charge < -0.3 is 29.8 Å². The quantitative estimate of drug-likeness (QED) is 0.259. The van der Waals surface area contributed by atoms with E-state index in [0.29, 0.717) is 12.8 Å². The minimum absolute atomic E-state index is 0.0393. The van der Waals surface area contributed by atoms with Crippen LogP contribution in [0.4, 0.5) is 0 Å². The molecule has 12 heteroatoms. The Bertz CT molecular complexity index is 943. The number of para-hydroxylation sites is 2. The van der Waals surface area contributed by atoms with Crippen molar-refractivity contribution in [1.82, 2.24) is 10.6 Å². The van der Waals surface area contributed by atoms with Crippen LogP contribution in [0.5, 0.6) is 11.5 Å². The minimum atomic E-state index is -4.74. The Morgan fingerprint density at radius 3 is 1.34 bits per heavy atom. The van der Waals surface area contributed by atoms with E-state index >= 15 is 0 Å². The smallest absolute Gasteiger partial charge is 0.346 e. The van der Waals surface area contributed by atoms with Gasteiger partial charge in [0.15, 0.2) is 0 Å². The van der Waals surface area contributed by atoms with Gasteiger partial charge in [0.05, 0.1) is 0 Å². The summed E-state index contributed by atoms with van der Waals surface area (Å²) in [5, 5.41) is 26.1. The van der Waals surface area contributed by atoms with Crippen LogP contribution in [0.25, 0.3) is 0 Å². The van der Waals surface area contributed by atoms with Crippen LogP contribution in [-0.4, -0.2) is 41.9 Å². The second-order valence-corrected chi connectivity index (χ2v) is 11.3. The first kappa shape index (κ1) is 24.9. The van der Waals surface area contributed by atoms with Gasteiger partial charge in [-0.1, -0.05) is 49.2 Å². The summed E-state index contributed by atoms with van der Waals surface area (Å²) in [7, 11) is -9.49. The van der Waals surface area contributed by atoms with Gasteiger partial charge in [0.25, 0.3) is 0 Å². The largest absolute Gasteiger partial charge is 0.508 e. The predicted octanol–water partition coefficient (Wildman–Crippen LogP) is 2.64. The van der Waals surface area contributed by atoms with Crippen molar-refractivity contribution < 1.29 is 38.9 Å². The normalized spacial score (nSPS) is 21.8. The molecule has 0 radical (unpaired) electrons. The van der Waals surface area contributed by atoms with Crippen LogP contribution in [0.1, 0.15) is 48.4 Å². The van der Waals surface area contributed by atoms with Gasteiger partial charge in [-0.2, -0.15) is 0 Å². The minimum Gasteiger partial charge on any atom is -0.508 e. The van der Waals surface area contributed by atoms with Gasteiger partial charge in [0, 0.05) is 23.2 Å². The molecule has 0 heterocycles.